The van der Waals surface area contributed by atoms with Gasteiger partial charge in [-0.1, -0.05) is 35.6 Å². The number of halogens is 1. The lowest BCUT2D eigenvalue weighted by molar-refractivity contribution is -0.132. The van der Waals surface area contributed by atoms with Gasteiger partial charge in [0.1, 0.15) is 23.0 Å². The predicted octanol–water partition coefficient (Wildman–Crippen LogP) is 6.23. The maximum atomic E-state index is 13.6. The molecule has 1 unspecified atom stereocenters. The van der Waals surface area contributed by atoms with Crippen LogP contribution in [-0.4, -0.2) is 47.1 Å². The Hall–Kier alpha value is -4.68. The fraction of sp³-hybridized carbons (Fsp3) is 0.188. The average molecular weight is 680 g/mol. The van der Waals surface area contributed by atoms with Crippen molar-refractivity contribution < 1.29 is 38.8 Å². The lowest BCUT2D eigenvalue weighted by Gasteiger charge is -2.24. The zero-order valence-corrected chi connectivity index (χ0v) is 26.5. The summed E-state index contributed by atoms with van der Waals surface area (Å²) in [5.74, 6) is -2.55. The minimum absolute atomic E-state index is 0.0529. The van der Waals surface area contributed by atoms with Crippen molar-refractivity contribution in [2.45, 2.75) is 26.5 Å². The molecular formula is C32H27BrN2O8S. The number of amides is 1. The van der Waals surface area contributed by atoms with Crippen LogP contribution in [-0.2, 0) is 20.9 Å². The number of benzene rings is 3. The van der Waals surface area contributed by atoms with Gasteiger partial charge in [0.05, 0.1) is 36.0 Å². The van der Waals surface area contributed by atoms with E-state index in [0.29, 0.717) is 23.6 Å². The van der Waals surface area contributed by atoms with E-state index in [2.05, 4.69) is 20.9 Å². The molecule has 1 amide bonds. The van der Waals surface area contributed by atoms with E-state index in [4.69, 9.17) is 14.2 Å². The Kier molecular flexibility index (Phi) is 8.75. The highest BCUT2D eigenvalue weighted by molar-refractivity contribution is 9.10. The molecule has 0 aliphatic carbocycles. The number of phenols is 1. The zero-order chi connectivity index (χ0) is 31.7. The van der Waals surface area contributed by atoms with Crippen molar-refractivity contribution in [3.63, 3.8) is 0 Å². The van der Waals surface area contributed by atoms with Gasteiger partial charge in [-0.25, -0.2) is 9.78 Å². The highest BCUT2D eigenvalue weighted by Crippen LogP contribution is 2.47. The maximum absolute atomic E-state index is 13.6. The first-order valence-corrected chi connectivity index (χ1v) is 14.9. The number of thiazole rings is 1. The first kappa shape index (κ1) is 30.8. The Bertz CT molecular complexity index is 1820. The summed E-state index contributed by atoms with van der Waals surface area (Å²) in [7, 11) is 2.59. The SMILES string of the molecule is COC(=O)c1sc(N2C(=O)C(=O)C(=C(O)c3ccc(OCc4ccccc4C)cc3)C2c2cc(Br)c(O)c(OC)c2)nc1C. The van der Waals surface area contributed by atoms with Gasteiger partial charge in [0.25, 0.3) is 5.78 Å². The van der Waals surface area contributed by atoms with Crippen LogP contribution < -0.4 is 14.4 Å². The van der Waals surface area contributed by atoms with E-state index in [1.54, 1.807) is 31.2 Å². The third-order valence-electron chi connectivity index (χ3n) is 7.18. The van der Waals surface area contributed by atoms with Gasteiger partial charge in [0.15, 0.2) is 16.6 Å². The lowest BCUT2D eigenvalue weighted by atomic mass is 9.95. The molecule has 2 heterocycles. The van der Waals surface area contributed by atoms with Crippen LogP contribution in [0.25, 0.3) is 5.76 Å². The smallest absolute Gasteiger partial charge is 0.350 e. The fourth-order valence-electron chi connectivity index (χ4n) is 4.82. The van der Waals surface area contributed by atoms with Crippen LogP contribution >= 0.6 is 27.3 Å². The van der Waals surface area contributed by atoms with Gasteiger partial charge >= 0.3 is 11.9 Å². The van der Waals surface area contributed by atoms with Crippen molar-refractivity contribution in [2.24, 2.45) is 0 Å². The van der Waals surface area contributed by atoms with Gasteiger partial charge in [-0.15, -0.1) is 0 Å². The minimum Gasteiger partial charge on any atom is -0.507 e. The Morgan fingerprint density at radius 2 is 1.77 bits per heavy atom. The number of ketones is 1. The van der Waals surface area contributed by atoms with Crippen molar-refractivity contribution in [3.8, 4) is 17.2 Å². The molecule has 2 N–H and O–H groups in total. The number of esters is 1. The van der Waals surface area contributed by atoms with Gasteiger partial charge in [-0.3, -0.25) is 14.5 Å². The number of aromatic nitrogens is 1. The second-order valence-corrected chi connectivity index (χ2v) is 11.7. The number of anilines is 1. The second kappa shape index (κ2) is 12.5. The van der Waals surface area contributed by atoms with Gasteiger partial charge in [-0.2, -0.15) is 0 Å². The molecule has 12 heteroatoms. The molecule has 1 fully saturated rings. The molecule has 1 aromatic heterocycles. The highest BCUT2D eigenvalue weighted by Gasteiger charge is 2.49. The summed E-state index contributed by atoms with van der Waals surface area (Å²) in [6.07, 6.45) is 0. The molecule has 5 rings (SSSR count). The Morgan fingerprint density at radius 1 is 1.07 bits per heavy atom. The summed E-state index contributed by atoms with van der Waals surface area (Å²) in [5, 5.41) is 22.0. The van der Waals surface area contributed by atoms with Crippen molar-refractivity contribution in [2.75, 3.05) is 19.1 Å². The van der Waals surface area contributed by atoms with Gasteiger partial charge in [0.2, 0.25) is 0 Å². The number of hydrogen-bond acceptors (Lipinski definition) is 10. The molecule has 44 heavy (non-hydrogen) atoms. The normalized spacial score (nSPS) is 15.8. The van der Waals surface area contributed by atoms with E-state index in [1.165, 1.54) is 26.4 Å². The number of aliphatic hydroxyl groups is 1. The first-order chi connectivity index (χ1) is 21.0. The molecular weight excluding hydrogens is 652 g/mol. The second-order valence-electron chi connectivity index (χ2n) is 9.86. The molecule has 0 spiro atoms. The predicted molar refractivity (Wildman–Crippen MR) is 167 cm³/mol. The summed E-state index contributed by atoms with van der Waals surface area (Å²) in [5.41, 5.74) is 2.82. The molecule has 226 valence electrons. The molecule has 0 radical (unpaired) electrons. The third kappa shape index (κ3) is 5.65. The van der Waals surface area contributed by atoms with E-state index in [-0.39, 0.29) is 37.1 Å². The number of rotatable bonds is 8. The van der Waals surface area contributed by atoms with Crippen molar-refractivity contribution in [3.05, 3.63) is 104 Å². The van der Waals surface area contributed by atoms with Crippen molar-refractivity contribution >= 4 is 55.8 Å². The van der Waals surface area contributed by atoms with E-state index >= 15 is 0 Å². The standard InChI is InChI=1S/C32H27BrN2O8S/c1-16-7-5-6-8-19(16)15-43-21-11-9-18(10-12-21)26(36)24-25(20-13-22(33)27(37)23(14-20)41-3)35(30(39)28(24)38)32-34-17(2)29(44-32)31(40)42-4/h5-14,25,36-37H,15H2,1-4H3. The van der Waals surface area contributed by atoms with Crippen LogP contribution in [0.2, 0.25) is 0 Å². The first-order valence-electron chi connectivity index (χ1n) is 13.3. The van der Waals surface area contributed by atoms with Gasteiger partial charge in [-0.05, 0) is 82.9 Å². The number of aryl methyl sites for hydroxylation is 2. The summed E-state index contributed by atoms with van der Waals surface area (Å²) < 4.78 is 16.3. The van der Waals surface area contributed by atoms with Crippen molar-refractivity contribution in [1.29, 1.82) is 0 Å². The number of phenolic OH excluding ortho intramolecular Hbond substituents is 1. The number of aromatic hydroxyl groups is 1. The molecule has 1 saturated heterocycles. The molecule has 10 nitrogen and oxygen atoms in total. The summed E-state index contributed by atoms with van der Waals surface area (Å²) in [6, 6.07) is 16.1. The van der Waals surface area contributed by atoms with Crippen molar-refractivity contribution in [1.82, 2.24) is 4.98 Å². The third-order valence-corrected chi connectivity index (χ3v) is 8.92. The summed E-state index contributed by atoms with van der Waals surface area (Å²) >= 11 is 4.18. The Balaban J connectivity index is 1.59. The van der Waals surface area contributed by atoms with Crippen LogP contribution in [0.1, 0.15) is 43.7 Å². The van der Waals surface area contributed by atoms with Crippen LogP contribution in [0.15, 0.2) is 70.7 Å². The van der Waals surface area contributed by atoms with Crippen LogP contribution in [0.3, 0.4) is 0 Å². The summed E-state index contributed by atoms with van der Waals surface area (Å²) in [6.45, 7) is 3.93. The molecule has 4 aromatic rings. The fourth-order valence-corrected chi connectivity index (χ4v) is 6.29. The van der Waals surface area contributed by atoms with E-state index in [1.807, 2.05) is 31.2 Å². The molecule has 1 aliphatic rings. The summed E-state index contributed by atoms with van der Waals surface area (Å²) in [4.78, 5) is 45.2. The zero-order valence-electron chi connectivity index (χ0n) is 24.1. The molecule has 0 saturated carbocycles. The number of carbonyl (C=O) groups excluding carboxylic acids is 3. The molecule has 1 atom stereocenters. The van der Waals surface area contributed by atoms with E-state index < -0.39 is 29.5 Å². The molecule has 0 bridgehead atoms. The number of carbonyl (C=O) groups is 3. The number of nitrogens with zero attached hydrogens (tertiary/aromatic N) is 2. The molecule has 3 aromatic carbocycles. The monoisotopic (exact) mass is 678 g/mol. The lowest BCUT2D eigenvalue weighted by Crippen LogP contribution is -2.29. The number of hydrogen-bond donors (Lipinski definition) is 2. The van der Waals surface area contributed by atoms with Gasteiger partial charge in [0, 0.05) is 5.56 Å². The average Bonchev–Trinajstić information content (AvgIpc) is 3.53. The highest BCUT2D eigenvalue weighted by atomic mass is 79.9. The Labute approximate surface area is 265 Å². The Morgan fingerprint density at radius 3 is 2.43 bits per heavy atom. The van der Waals surface area contributed by atoms with Crippen LogP contribution in [0.5, 0.6) is 17.2 Å². The minimum atomic E-state index is -1.19. The number of methoxy groups -OCH3 is 2. The quantitative estimate of drug-likeness (QED) is 0.0962. The van der Waals surface area contributed by atoms with Gasteiger partial charge < -0.3 is 24.4 Å². The number of Topliss-reactive ketones (excluding diaryl/α,β-unsaturated/α-hetero) is 1. The number of ether oxygens (including phenoxy) is 3. The van der Waals surface area contributed by atoms with E-state index in [0.717, 1.165) is 27.4 Å². The maximum Gasteiger partial charge on any atom is 0.350 e. The molecule has 1 aliphatic heterocycles. The topological polar surface area (TPSA) is 135 Å². The van der Waals surface area contributed by atoms with Crippen LogP contribution in [0.4, 0.5) is 5.13 Å². The number of aliphatic hydroxyl groups excluding tert-OH is 1. The van der Waals surface area contributed by atoms with E-state index in [9.17, 15) is 24.6 Å². The largest absolute Gasteiger partial charge is 0.507 e. The van der Waals surface area contributed by atoms with Crippen LogP contribution in [0, 0.1) is 13.8 Å².